The number of nitrogens with two attached hydrogens (primary N) is 1. The number of hydrogen-bond acceptors (Lipinski definition) is 5. The molecule has 0 bridgehead atoms. The van der Waals surface area contributed by atoms with Crippen LogP contribution < -0.4 is 10.5 Å². The predicted octanol–water partition coefficient (Wildman–Crippen LogP) is 3.99. The second kappa shape index (κ2) is 7.06. The van der Waals surface area contributed by atoms with Gasteiger partial charge in [0.25, 0.3) is 0 Å². The Hall–Kier alpha value is -2.37. The zero-order valence-electron chi connectivity index (χ0n) is 11.3. The Morgan fingerprint density at radius 2 is 1.68 bits per heavy atom. The maximum Gasteiger partial charge on any atom is 0.321 e. The van der Waals surface area contributed by atoms with Crippen LogP contribution in [0.4, 0.5) is 5.82 Å². The third-order valence-electron chi connectivity index (χ3n) is 2.80. The van der Waals surface area contributed by atoms with E-state index in [1.807, 2.05) is 24.3 Å². The summed E-state index contributed by atoms with van der Waals surface area (Å²) in [7, 11) is 0. The Bertz CT molecular complexity index is 751. The van der Waals surface area contributed by atoms with Gasteiger partial charge in [-0.2, -0.15) is 0 Å². The van der Waals surface area contributed by atoms with Gasteiger partial charge in [0.15, 0.2) is 0 Å². The third kappa shape index (κ3) is 3.63. The first-order valence-electron chi connectivity index (χ1n) is 6.19. The van der Waals surface area contributed by atoms with Crippen LogP contribution in [0.15, 0.2) is 55.0 Å². The van der Waals surface area contributed by atoms with E-state index in [-0.39, 0.29) is 12.4 Å². The summed E-state index contributed by atoms with van der Waals surface area (Å²) in [6, 6.07) is 11.2. The minimum atomic E-state index is 0. The molecule has 3 aromatic rings. The number of rotatable bonds is 3. The number of nitrogens with zero attached hydrogens (tertiary/aromatic N) is 3. The number of pyridine rings is 1. The first-order chi connectivity index (χ1) is 10.2. The molecule has 22 heavy (non-hydrogen) atoms. The van der Waals surface area contributed by atoms with Crippen LogP contribution in [0.25, 0.3) is 11.1 Å². The van der Waals surface area contributed by atoms with Crippen molar-refractivity contribution in [2.45, 2.75) is 0 Å². The summed E-state index contributed by atoms with van der Waals surface area (Å²) in [4.78, 5) is 12.0. The van der Waals surface area contributed by atoms with E-state index < -0.39 is 0 Å². The van der Waals surface area contributed by atoms with Gasteiger partial charge in [0.2, 0.25) is 0 Å². The van der Waals surface area contributed by atoms with Gasteiger partial charge in [0.1, 0.15) is 11.6 Å². The third-order valence-corrected chi connectivity index (χ3v) is 3.01. The SMILES string of the molecule is Cl.Nc1ncc(Cl)cc1-c1ccc(Oc2ncccn2)cc1. The number of hydrogen-bond donors (Lipinski definition) is 1. The first kappa shape index (κ1) is 16.0. The van der Waals surface area contributed by atoms with Gasteiger partial charge in [-0.25, -0.2) is 15.0 Å². The molecular weight excluding hydrogens is 323 g/mol. The van der Waals surface area contributed by atoms with Crippen molar-refractivity contribution in [2.24, 2.45) is 0 Å². The molecule has 112 valence electrons. The van der Waals surface area contributed by atoms with Gasteiger partial charge in [0.05, 0.1) is 5.02 Å². The van der Waals surface area contributed by atoms with E-state index >= 15 is 0 Å². The average Bonchev–Trinajstić information content (AvgIpc) is 2.52. The summed E-state index contributed by atoms with van der Waals surface area (Å²) < 4.78 is 5.53. The van der Waals surface area contributed by atoms with Crippen molar-refractivity contribution in [2.75, 3.05) is 5.73 Å². The van der Waals surface area contributed by atoms with E-state index in [4.69, 9.17) is 22.1 Å². The maximum absolute atomic E-state index is 5.95. The Balaban J connectivity index is 0.00000176. The van der Waals surface area contributed by atoms with Crippen LogP contribution in [-0.4, -0.2) is 15.0 Å². The van der Waals surface area contributed by atoms with Crippen LogP contribution in [0.3, 0.4) is 0 Å². The molecule has 0 saturated carbocycles. The molecule has 5 nitrogen and oxygen atoms in total. The Morgan fingerprint density at radius 1 is 1.00 bits per heavy atom. The zero-order chi connectivity index (χ0) is 14.7. The second-order valence-corrected chi connectivity index (χ2v) is 4.68. The van der Waals surface area contributed by atoms with Gasteiger partial charge in [-0.15, -0.1) is 12.4 Å². The van der Waals surface area contributed by atoms with E-state index in [1.165, 1.54) is 6.20 Å². The predicted molar refractivity (Wildman–Crippen MR) is 88.4 cm³/mol. The number of halogens is 2. The lowest BCUT2D eigenvalue weighted by Gasteiger charge is -2.07. The van der Waals surface area contributed by atoms with Crippen LogP contribution in [-0.2, 0) is 0 Å². The molecule has 2 heterocycles. The number of ether oxygens (including phenoxy) is 1. The van der Waals surface area contributed by atoms with Crippen molar-refractivity contribution in [3.05, 3.63) is 60.0 Å². The summed E-state index contributed by atoms with van der Waals surface area (Å²) in [6.45, 7) is 0. The highest BCUT2D eigenvalue weighted by Crippen LogP contribution is 2.29. The lowest BCUT2D eigenvalue weighted by molar-refractivity contribution is 0.442. The molecule has 3 rings (SSSR count). The van der Waals surface area contributed by atoms with Gasteiger partial charge < -0.3 is 10.5 Å². The number of benzene rings is 1. The van der Waals surface area contributed by atoms with Crippen molar-refractivity contribution >= 4 is 29.8 Å². The Morgan fingerprint density at radius 3 is 2.36 bits per heavy atom. The zero-order valence-corrected chi connectivity index (χ0v) is 12.9. The van der Waals surface area contributed by atoms with Gasteiger partial charge in [0, 0.05) is 24.2 Å². The molecule has 0 unspecified atom stereocenters. The molecule has 0 atom stereocenters. The summed E-state index contributed by atoms with van der Waals surface area (Å²) in [5.74, 6) is 1.07. The van der Waals surface area contributed by atoms with Crippen molar-refractivity contribution in [3.8, 4) is 22.9 Å². The van der Waals surface area contributed by atoms with Crippen LogP contribution >= 0.6 is 24.0 Å². The van der Waals surface area contributed by atoms with Crippen molar-refractivity contribution < 1.29 is 4.74 Å². The second-order valence-electron chi connectivity index (χ2n) is 4.24. The number of nitrogen functional groups attached to an aromatic ring is 1. The lowest BCUT2D eigenvalue weighted by Crippen LogP contribution is -1.94. The number of aromatic nitrogens is 3. The fourth-order valence-electron chi connectivity index (χ4n) is 1.83. The van der Waals surface area contributed by atoms with Crippen LogP contribution in [0.1, 0.15) is 0 Å². The van der Waals surface area contributed by atoms with Crippen molar-refractivity contribution in [1.29, 1.82) is 0 Å². The smallest absolute Gasteiger partial charge is 0.321 e. The molecule has 0 aliphatic heterocycles. The average molecular weight is 335 g/mol. The Labute approximate surface area is 138 Å². The monoisotopic (exact) mass is 334 g/mol. The van der Waals surface area contributed by atoms with Crippen LogP contribution in [0.2, 0.25) is 5.02 Å². The fourth-order valence-corrected chi connectivity index (χ4v) is 1.99. The summed E-state index contributed by atoms with van der Waals surface area (Å²) in [5, 5.41) is 0.539. The highest BCUT2D eigenvalue weighted by molar-refractivity contribution is 6.30. The largest absolute Gasteiger partial charge is 0.424 e. The quantitative estimate of drug-likeness (QED) is 0.783. The Kier molecular flexibility index (Phi) is 5.14. The van der Waals surface area contributed by atoms with E-state index in [1.54, 1.807) is 24.5 Å². The fraction of sp³-hybridized carbons (Fsp3) is 0. The van der Waals surface area contributed by atoms with E-state index in [0.29, 0.717) is 22.6 Å². The molecule has 0 spiro atoms. The molecule has 0 aliphatic carbocycles. The highest BCUT2D eigenvalue weighted by Gasteiger charge is 2.06. The molecule has 1 aromatic carbocycles. The van der Waals surface area contributed by atoms with Crippen molar-refractivity contribution in [1.82, 2.24) is 15.0 Å². The van der Waals surface area contributed by atoms with E-state index in [9.17, 15) is 0 Å². The topological polar surface area (TPSA) is 73.9 Å². The van der Waals surface area contributed by atoms with Crippen molar-refractivity contribution in [3.63, 3.8) is 0 Å². The molecular formula is C15H12Cl2N4O. The normalized spacial score (nSPS) is 9.86. The molecule has 2 N–H and O–H groups in total. The molecule has 2 aromatic heterocycles. The lowest BCUT2D eigenvalue weighted by atomic mass is 10.1. The molecule has 0 aliphatic rings. The standard InChI is InChI=1S/C15H11ClN4O.ClH/c16-11-8-13(14(17)20-9-11)10-2-4-12(5-3-10)21-15-18-6-1-7-19-15;/h1-9H,(H2,17,20);1H. The van der Waals surface area contributed by atoms with E-state index in [0.717, 1.165) is 11.1 Å². The summed E-state index contributed by atoms with van der Waals surface area (Å²) in [5.41, 5.74) is 7.55. The van der Waals surface area contributed by atoms with Gasteiger partial charge in [-0.3, -0.25) is 0 Å². The summed E-state index contributed by atoms with van der Waals surface area (Å²) >= 11 is 5.95. The molecule has 7 heteroatoms. The molecule has 0 saturated heterocycles. The van der Waals surface area contributed by atoms with Gasteiger partial charge in [-0.05, 0) is 29.8 Å². The minimum absolute atomic E-state index is 0. The minimum Gasteiger partial charge on any atom is -0.424 e. The van der Waals surface area contributed by atoms with Gasteiger partial charge in [-0.1, -0.05) is 23.7 Å². The van der Waals surface area contributed by atoms with Gasteiger partial charge >= 0.3 is 6.01 Å². The van der Waals surface area contributed by atoms with Crippen LogP contribution in [0.5, 0.6) is 11.8 Å². The van der Waals surface area contributed by atoms with Crippen LogP contribution in [0, 0.1) is 0 Å². The summed E-state index contributed by atoms with van der Waals surface area (Å²) in [6.07, 6.45) is 4.76. The molecule has 0 amide bonds. The molecule has 0 radical (unpaired) electrons. The number of anilines is 1. The highest BCUT2D eigenvalue weighted by atomic mass is 35.5. The molecule has 0 fully saturated rings. The maximum atomic E-state index is 5.95. The first-order valence-corrected chi connectivity index (χ1v) is 6.56. The van der Waals surface area contributed by atoms with E-state index in [2.05, 4.69) is 15.0 Å².